The first kappa shape index (κ1) is 15.6. The number of carboxylic acid groups (broad SMARTS) is 1. The lowest BCUT2D eigenvalue weighted by molar-refractivity contribution is -0.137. The summed E-state index contributed by atoms with van der Waals surface area (Å²) in [6.07, 6.45) is 1.51. The van der Waals surface area contributed by atoms with E-state index in [0.29, 0.717) is 19.5 Å². The number of hydrogen-bond donors (Lipinski definition) is 3. The Labute approximate surface area is 112 Å². The molecule has 1 rings (SSSR count). The Balaban J connectivity index is 2.29. The first-order chi connectivity index (χ1) is 8.89. The number of primary sulfonamides is 1. The number of carboxylic acids is 1. The number of sulfonamides is 1. The molecule has 0 amide bonds. The monoisotopic (exact) mass is 286 g/mol. The largest absolute Gasteiger partial charge is 0.481 e. The minimum Gasteiger partial charge on any atom is -0.481 e. The molecule has 19 heavy (non-hydrogen) atoms. The van der Waals surface area contributed by atoms with Crippen LogP contribution in [0.3, 0.4) is 0 Å². The van der Waals surface area contributed by atoms with Gasteiger partial charge in [0, 0.05) is 6.42 Å². The molecule has 106 valence electrons. The maximum Gasteiger partial charge on any atom is 0.303 e. The zero-order valence-corrected chi connectivity index (χ0v) is 11.3. The highest BCUT2D eigenvalue weighted by Crippen LogP contribution is 2.08. The summed E-state index contributed by atoms with van der Waals surface area (Å²) in [5.41, 5.74) is 0.998. The summed E-state index contributed by atoms with van der Waals surface area (Å²) < 4.78 is 22.1. The van der Waals surface area contributed by atoms with Crippen molar-refractivity contribution in [3.8, 4) is 0 Å². The van der Waals surface area contributed by atoms with Gasteiger partial charge < -0.3 is 10.4 Å². The van der Waals surface area contributed by atoms with Crippen LogP contribution in [0.5, 0.6) is 0 Å². The van der Waals surface area contributed by atoms with E-state index in [-0.39, 0.29) is 11.3 Å². The van der Waals surface area contributed by atoms with Crippen molar-refractivity contribution in [2.45, 2.75) is 24.2 Å². The Morgan fingerprint density at radius 2 is 1.84 bits per heavy atom. The van der Waals surface area contributed by atoms with E-state index in [1.807, 2.05) is 0 Å². The number of carbonyl (C=O) groups is 1. The van der Waals surface area contributed by atoms with Gasteiger partial charge in [-0.25, -0.2) is 13.6 Å². The van der Waals surface area contributed by atoms with Crippen molar-refractivity contribution in [1.29, 1.82) is 0 Å². The zero-order valence-electron chi connectivity index (χ0n) is 10.5. The Hall–Kier alpha value is -1.44. The third-order valence-electron chi connectivity index (χ3n) is 2.59. The molecule has 0 aliphatic rings. The van der Waals surface area contributed by atoms with Crippen LogP contribution in [0, 0.1) is 0 Å². The van der Waals surface area contributed by atoms with E-state index >= 15 is 0 Å². The molecule has 0 saturated carbocycles. The first-order valence-electron chi connectivity index (χ1n) is 5.94. The minimum absolute atomic E-state index is 0.102. The van der Waals surface area contributed by atoms with Gasteiger partial charge in [-0.2, -0.15) is 0 Å². The summed E-state index contributed by atoms with van der Waals surface area (Å²) in [5.74, 6) is -0.791. The SMILES string of the molecule is NS(=O)(=O)c1ccc(CCNCCCC(=O)O)cc1. The van der Waals surface area contributed by atoms with Crippen molar-refractivity contribution in [1.82, 2.24) is 5.32 Å². The van der Waals surface area contributed by atoms with Crippen LogP contribution in [-0.4, -0.2) is 32.6 Å². The van der Waals surface area contributed by atoms with Gasteiger partial charge >= 0.3 is 5.97 Å². The summed E-state index contributed by atoms with van der Waals surface area (Å²) in [7, 11) is -3.63. The van der Waals surface area contributed by atoms with Gasteiger partial charge in [0.1, 0.15) is 0 Å². The Morgan fingerprint density at radius 1 is 1.21 bits per heavy atom. The maximum absolute atomic E-state index is 11.0. The van der Waals surface area contributed by atoms with Gasteiger partial charge in [0.25, 0.3) is 0 Å². The second-order valence-corrected chi connectivity index (χ2v) is 5.75. The molecule has 0 unspecified atom stereocenters. The van der Waals surface area contributed by atoms with Gasteiger partial charge in [0.05, 0.1) is 4.90 Å². The molecule has 0 atom stereocenters. The smallest absolute Gasteiger partial charge is 0.303 e. The highest BCUT2D eigenvalue weighted by molar-refractivity contribution is 7.89. The number of benzene rings is 1. The Bertz CT molecular complexity index is 511. The van der Waals surface area contributed by atoms with Gasteiger partial charge in [-0.3, -0.25) is 4.79 Å². The third kappa shape index (κ3) is 6.32. The van der Waals surface area contributed by atoms with Gasteiger partial charge in [-0.05, 0) is 43.6 Å². The lowest BCUT2D eigenvalue weighted by Gasteiger charge is -2.05. The van der Waals surface area contributed by atoms with Crippen LogP contribution in [0.2, 0.25) is 0 Å². The fourth-order valence-corrected chi connectivity index (χ4v) is 2.08. The topological polar surface area (TPSA) is 109 Å². The van der Waals surface area contributed by atoms with Crippen LogP contribution < -0.4 is 10.5 Å². The van der Waals surface area contributed by atoms with Crippen LogP contribution in [-0.2, 0) is 21.2 Å². The summed E-state index contributed by atoms with van der Waals surface area (Å²) in [6, 6.07) is 6.40. The van der Waals surface area contributed by atoms with Gasteiger partial charge in [0.15, 0.2) is 0 Å². The second-order valence-electron chi connectivity index (χ2n) is 4.19. The fourth-order valence-electron chi connectivity index (χ4n) is 1.57. The average molecular weight is 286 g/mol. The summed E-state index contributed by atoms with van der Waals surface area (Å²) in [4.78, 5) is 10.4. The molecule has 1 aromatic carbocycles. The third-order valence-corrected chi connectivity index (χ3v) is 3.52. The van der Waals surface area contributed by atoms with Crippen LogP contribution >= 0.6 is 0 Å². The van der Waals surface area contributed by atoms with Gasteiger partial charge in [-0.1, -0.05) is 12.1 Å². The molecular weight excluding hydrogens is 268 g/mol. The number of nitrogens with two attached hydrogens (primary N) is 1. The van der Waals surface area contributed by atoms with Crippen LogP contribution in [0.1, 0.15) is 18.4 Å². The van der Waals surface area contributed by atoms with Crippen molar-refractivity contribution in [3.05, 3.63) is 29.8 Å². The van der Waals surface area contributed by atoms with Crippen molar-refractivity contribution in [2.75, 3.05) is 13.1 Å². The molecule has 0 heterocycles. The van der Waals surface area contributed by atoms with E-state index in [1.54, 1.807) is 12.1 Å². The van der Waals surface area contributed by atoms with Crippen LogP contribution in [0.25, 0.3) is 0 Å². The molecular formula is C12H18N2O4S. The molecule has 0 bridgehead atoms. The predicted octanol–water partition coefficient (Wildman–Crippen LogP) is 0.331. The standard InChI is InChI=1S/C12H18N2O4S/c13-19(17,18)11-5-3-10(4-6-11)7-9-14-8-1-2-12(15)16/h3-6,14H,1-2,7-9H2,(H,15,16)(H2,13,17,18). The molecule has 4 N–H and O–H groups in total. The Morgan fingerprint density at radius 3 is 2.37 bits per heavy atom. The number of aliphatic carboxylic acids is 1. The minimum atomic E-state index is -3.63. The number of hydrogen-bond acceptors (Lipinski definition) is 4. The fraction of sp³-hybridized carbons (Fsp3) is 0.417. The van der Waals surface area contributed by atoms with Gasteiger partial charge in [-0.15, -0.1) is 0 Å². The molecule has 0 fully saturated rings. The van der Waals surface area contributed by atoms with E-state index in [4.69, 9.17) is 10.2 Å². The lowest BCUT2D eigenvalue weighted by Crippen LogP contribution is -2.19. The predicted molar refractivity (Wildman–Crippen MR) is 71.3 cm³/mol. The summed E-state index contributed by atoms with van der Waals surface area (Å²) >= 11 is 0. The second kappa shape index (κ2) is 7.22. The normalized spacial score (nSPS) is 11.4. The van der Waals surface area contributed by atoms with Crippen molar-refractivity contribution < 1.29 is 18.3 Å². The molecule has 0 aliphatic heterocycles. The highest BCUT2D eigenvalue weighted by atomic mass is 32.2. The summed E-state index contributed by atoms with van der Waals surface area (Å²) in [5, 5.41) is 16.6. The van der Waals surface area contributed by atoms with Crippen LogP contribution in [0.15, 0.2) is 29.2 Å². The number of nitrogens with one attached hydrogen (secondary N) is 1. The molecule has 0 spiro atoms. The quantitative estimate of drug-likeness (QED) is 0.597. The molecule has 0 saturated heterocycles. The lowest BCUT2D eigenvalue weighted by atomic mass is 10.1. The van der Waals surface area contributed by atoms with Crippen LogP contribution in [0.4, 0.5) is 0 Å². The van der Waals surface area contributed by atoms with Crippen molar-refractivity contribution in [2.24, 2.45) is 5.14 Å². The van der Waals surface area contributed by atoms with E-state index in [0.717, 1.165) is 12.0 Å². The molecule has 0 aromatic heterocycles. The summed E-state index contributed by atoms with van der Waals surface area (Å²) in [6.45, 7) is 1.37. The maximum atomic E-state index is 11.0. The highest BCUT2D eigenvalue weighted by Gasteiger charge is 2.06. The van der Waals surface area contributed by atoms with Crippen molar-refractivity contribution >= 4 is 16.0 Å². The molecule has 0 aliphatic carbocycles. The zero-order chi connectivity index (χ0) is 14.3. The average Bonchev–Trinajstić information content (AvgIpc) is 2.32. The first-order valence-corrected chi connectivity index (χ1v) is 7.48. The molecule has 7 heteroatoms. The Kier molecular flexibility index (Phi) is 5.94. The molecule has 6 nitrogen and oxygen atoms in total. The van der Waals surface area contributed by atoms with Crippen molar-refractivity contribution in [3.63, 3.8) is 0 Å². The number of rotatable bonds is 8. The molecule has 1 aromatic rings. The van der Waals surface area contributed by atoms with E-state index in [2.05, 4.69) is 5.32 Å². The van der Waals surface area contributed by atoms with E-state index in [9.17, 15) is 13.2 Å². The molecule has 0 radical (unpaired) electrons. The van der Waals surface area contributed by atoms with E-state index in [1.165, 1.54) is 12.1 Å². The van der Waals surface area contributed by atoms with E-state index < -0.39 is 16.0 Å². The van der Waals surface area contributed by atoms with Gasteiger partial charge in [0.2, 0.25) is 10.0 Å².